The third-order valence-corrected chi connectivity index (χ3v) is 3.79. The molecule has 0 unspecified atom stereocenters. The fourth-order valence-electron chi connectivity index (χ4n) is 1.97. The number of nitrogens with one attached hydrogen (secondary N) is 1. The molecule has 19 heavy (non-hydrogen) atoms. The third-order valence-electron chi connectivity index (χ3n) is 3.43. The van der Waals surface area contributed by atoms with Gasteiger partial charge in [-0.3, -0.25) is 0 Å². The monoisotopic (exact) mass is 283 g/mol. The fourth-order valence-corrected chi connectivity index (χ4v) is 2.20. The molecule has 1 N–H and O–H groups in total. The lowest BCUT2D eigenvalue weighted by atomic mass is 10.1. The first-order valence-corrected chi connectivity index (χ1v) is 7.71. The molecular weight excluding hydrogens is 258 g/mol. The van der Waals surface area contributed by atoms with Gasteiger partial charge in [-0.25, -0.2) is 0 Å². The predicted octanol–water partition coefficient (Wildman–Crippen LogP) is 4.65. The molecule has 2 nitrogen and oxygen atoms in total. The average Bonchev–Trinajstić information content (AvgIpc) is 2.42. The fraction of sp³-hybridized carbons (Fsp3) is 0.625. The van der Waals surface area contributed by atoms with Crippen molar-refractivity contribution < 1.29 is 4.74 Å². The van der Waals surface area contributed by atoms with Gasteiger partial charge in [0.1, 0.15) is 5.75 Å². The van der Waals surface area contributed by atoms with Crippen molar-refractivity contribution >= 4 is 11.6 Å². The maximum atomic E-state index is 6.27. The van der Waals surface area contributed by atoms with Gasteiger partial charge in [0.25, 0.3) is 0 Å². The molecule has 1 rings (SSSR count). The second-order valence-corrected chi connectivity index (χ2v) is 5.29. The van der Waals surface area contributed by atoms with Crippen molar-refractivity contribution in [1.29, 1.82) is 0 Å². The Morgan fingerprint density at radius 3 is 2.58 bits per heavy atom. The summed E-state index contributed by atoms with van der Waals surface area (Å²) in [5, 5.41) is 4.17. The normalized spacial score (nSPS) is 11.0. The molecule has 1 aromatic rings. The maximum Gasteiger partial charge on any atom is 0.125 e. The molecule has 0 saturated heterocycles. The van der Waals surface area contributed by atoms with Crippen LogP contribution in [-0.4, -0.2) is 13.2 Å². The van der Waals surface area contributed by atoms with E-state index in [1.165, 1.54) is 0 Å². The molecule has 0 aliphatic rings. The van der Waals surface area contributed by atoms with Crippen LogP contribution in [0.4, 0.5) is 0 Å². The highest BCUT2D eigenvalue weighted by atomic mass is 35.5. The van der Waals surface area contributed by atoms with Crippen molar-refractivity contribution in [2.24, 2.45) is 5.92 Å². The SMILES string of the molecule is CCCNCc1c(Cl)cccc1OCC(CC)CC. The first kappa shape index (κ1) is 16.3. The zero-order valence-corrected chi connectivity index (χ0v) is 13.1. The maximum absolute atomic E-state index is 6.27. The van der Waals surface area contributed by atoms with Crippen LogP contribution < -0.4 is 10.1 Å². The van der Waals surface area contributed by atoms with Crippen LogP contribution in [0.2, 0.25) is 5.02 Å². The van der Waals surface area contributed by atoms with Crippen LogP contribution in [0.5, 0.6) is 5.75 Å². The summed E-state index contributed by atoms with van der Waals surface area (Å²) in [5.41, 5.74) is 1.07. The van der Waals surface area contributed by atoms with Gasteiger partial charge in [0.15, 0.2) is 0 Å². The Labute approximate surface area is 122 Å². The van der Waals surface area contributed by atoms with E-state index in [1.807, 2.05) is 18.2 Å². The van der Waals surface area contributed by atoms with Crippen molar-refractivity contribution in [3.05, 3.63) is 28.8 Å². The summed E-state index contributed by atoms with van der Waals surface area (Å²) >= 11 is 6.27. The molecule has 0 aromatic heterocycles. The lowest BCUT2D eigenvalue weighted by molar-refractivity contribution is 0.238. The Kier molecular flexibility index (Phi) is 7.92. The lowest BCUT2D eigenvalue weighted by Crippen LogP contribution is -2.16. The quantitative estimate of drug-likeness (QED) is 0.666. The number of ether oxygens (including phenoxy) is 1. The Hall–Kier alpha value is -0.730. The van der Waals surface area contributed by atoms with Gasteiger partial charge in [0, 0.05) is 17.1 Å². The number of rotatable bonds is 9. The first-order valence-electron chi connectivity index (χ1n) is 7.33. The highest BCUT2D eigenvalue weighted by Crippen LogP contribution is 2.27. The van der Waals surface area contributed by atoms with Crippen LogP contribution in [0.1, 0.15) is 45.6 Å². The van der Waals surface area contributed by atoms with Crippen LogP contribution >= 0.6 is 11.6 Å². The molecule has 0 heterocycles. The van der Waals surface area contributed by atoms with E-state index in [9.17, 15) is 0 Å². The summed E-state index contributed by atoms with van der Waals surface area (Å²) in [6.07, 6.45) is 3.43. The molecule has 108 valence electrons. The van der Waals surface area contributed by atoms with E-state index in [0.717, 1.165) is 55.3 Å². The van der Waals surface area contributed by atoms with E-state index in [1.54, 1.807) is 0 Å². The molecular formula is C16H26ClNO. The Bertz CT molecular complexity index is 364. The summed E-state index contributed by atoms with van der Waals surface area (Å²) in [7, 11) is 0. The van der Waals surface area contributed by atoms with Gasteiger partial charge in [-0.1, -0.05) is 51.3 Å². The standard InChI is InChI=1S/C16H26ClNO/c1-4-10-18-11-14-15(17)8-7-9-16(14)19-12-13(5-2)6-3/h7-9,13,18H,4-6,10-12H2,1-3H3. The molecule has 0 amide bonds. The molecule has 0 atom stereocenters. The van der Waals surface area contributed by atoms with Crippen LogP contribution in [0.15, 0.2) is 18.2 Å². The molecule has 0 spiro atoms. The Morgan fingerprint density at radius 2 is 1.95 bits per heavy atom. The highest BCUT2D eigenvalue weighted by Gasteiger charge is 2.10. The second kappa shape index (κ2) is 9.22. The van der Waals surface area contributed by atoms with Gasteiger partial charge in [-0.2, -0.15) is 0 Å². The summed E-state index contributed by atoms with van der Waals surface area (Å²) in [5.74, 6) is 1.54. The Balaban J connectivity index is 2.67. The van der Waals surface area contributed by atoms with Gasteiger partial charge >= 0.3 is 0 Å². The van der Waals surface area contributed by atoms with E-state index in [2.05, 4.69) is 26.1 Å². The van der Waals surface area contributed by atoms with Crippen molar-refractivity contribution in [3.8, 4) is 5.75 Å². The molecule has 0 saturated carbocycles. The number of hydrogen-bond acceptors (Lipinski definition) is 2. The van der Waals surface area contributed by atoms with Gasteiger partial charge < -0.3 is 10.1 Å². The third kappa shape index (κ3) is 5.42. The molecule has 3 heteroatoms. The minimum absolute atomic E-state index is 0.621. The highest BCUT2D eigenvalue weighted by molar-refractivity contribution is 6.31. The number of benzene rings is 1. The molecule has 1 aromatic carbocycles. The number of hydrogen-bond donors (Lipinski definition) is 1. The molecule has 0 aliphatic heterocycles. The zero-order chi connectivity index (χ0) is 14.1. The van der Waals surface area contributed by atoms with E-state index < -0.39 is 0 Å². The minimum Gasteiger partial charge on any atom is -0.493 e. The van der Waals surface area contributed by atoms with E-state index in [-0.39, 0.29) is 0 Å². The second-order valence-electron chi connectivity index (χ2n) is 4.89. The minimum atomic E-state index is 0.621. The van der Waals surface area contributed by atoms with Gasteiger partial charge in [0.05, 0.1) is 6.61 Å². The largest absolute Gasteiger partial charge is 0.493 e. The molecule has 0 radical (unpaired) electrons. The molecule has 0 fully saturated rings. The van der Waals surface area contributed by atoms with Crippen LogP contribution in [0, 0.1) is 5.92 Å². The Morgan fingerprint density at radius 1 is 1.21 bits per heavy atom. The van der Waals surface area contributed by atoms with Crippen molar-refractivity contribution in [2.75, 3.05) is 13.2 Å². The van der Waals surface area contributed by atoms with E-state index in [4.69, 9.17) is 16.3 Å². The lowest BCUT2D eigenvalue weighted by Gasteiger charge is -2.17. The summed E-state index contributed by atoms with van der Waals surface area (Å²) in [6.45, 7) is 9.11. The van der Waals surface area contributed by atoms with Gasteiger partial charge in [0.2, 0.25) is 0 Å². The predicted molar refractivity (Wildman–Crippen MR) is 83.0 cm³/mol. The van der Waals surface area contributed by atoms with Gasteiger partial charge in [-0.05, 0) is 31.0 Å². The summed E-state index contributed by atoms with van der Waals surface area (Å²) in [6, 6.07) is 5.89. The van der Waals surface area contributed by atoms with Crippen LogP contribution in [-0.2, 0) is 6.54 Å². The zero-order valence-electron chi connectivity index (χ0n) is 12.3. The summed E-state index contributed by atoms with van der Waals surface area (Å²) < 4.78 is 5.97. The van der Waals surface area contributed by atoms with Crippen LogP contribution in [0.3, 0.4) is 0 Å². The van der Waals surface area contributed by atoms with Gasteiger partial charge in [-0.15, -0.1) is 0 Å². The molecule has 0 aliphatic carbocycles. The first-order chi connectivity index (χ1) is 9.22. The van der Waals surface area contributed by atoms with Crippen molar-refractivity contribution in [2.45, 2.75) is 46.6 Å². The summed E-state index contributed by atoms with van der Waals surface area (Å²) in [4.78, 5) is 0. The van der Waals surface area contributed by atoms with E-state index >= 15 is 0 Å². The van der Waals surface area contributed by atoms with Crippen LogP contribution in [0.25, 0.3) is 0 Å². The van der Waals surface area contributed by atoms with E-state index in [0.29, 0.717) is 5.92 Å². The number of halogens is 1. The van der Waals surface area contributed by atoms with Crippen molar-refractivity contribution in [1.82, 2.24) is 5.32 Å². The topological polar surface area (TPSA) is 21.3 Å². The average molecular weight is 284 g/mol. The molecule has 0 bridgehead atoms. The smallest absolute Gasteiger partial charge is 0.125 e. The van der Waals surface area contributed by atoms with Crippen molar-refractivity contribution in [3.63, 3.8) is 0 Å².